The molecule has 0 aliphatic heterocycles. The number of hydrogen-bond donors (Lipinski definition) is 3. The summed E-state index contributed by atoms with van der Waals surface area (Å²) in [4.78, 5) is 16.0. The van der Waals surface area contributed by atoms with E-state index in [1.165, 1.54) is 32.1 Å². The lowest BCUT2D eigenvalue weighted by Crippen LogP contribution is -2.44. The predicted octanol–water partition coefficient (Wildman–Crippen LogP) is 2.02. The first-order chi connectivity index (χ1) is 9.79. The van der Waals surface area contributed by atoms with Gasteiger partial charge >= 0.3 is 0 Å². The van der Waals surface area contributed by atoms with Crippen LogP contribution in [0.5, 0.6) is 0 Å². The average molecular weight is 408 g/mol. The van der Waals surface area contributed by atoms with Crippen LogP contribution in [0.3, 0.4) is 0 Å². The highest BCUT2D eigenvalue weighted by molar-refractivity contribution is 14.0. The van der Waals surface area contributed by atoms with E-state index in [1.807, 2.05) is 0 Å². The first-order valence-corrected chi connectivity index (χ1v) is 8.12. The number of aliphatic imine (C=N–C) groups is 1. The Morgan fingerprint density at radius 1 is 1.10 bits per heavy atom. The van der Waals surface area contributed by atoms with Gasteiger partial charge in [0.25, 0.3) is 0 Å². The van der Waals surface area contributed by atoms with Crippen molar-refractivity contribution in [3.8, 4) is 0 Å². The van der Waals surface area contributed by atoms with Gasteiger partial charge in [0, 0.05) is 25.0 Å². The number of rotatable bonds is 6. The molecule has 122 valence electrons. The minimum absolute atomic E-state index is 0. The van der Waals surface area contributed by atoms with Gasteiger partial charge in [-0.15, -0.1) is 24.0 Å². The Labute approximate surface area is 145 Å². The highest BCUT2D eigenvalue weighted by Gasteiger charge is 2.28. The molecular formula is C15H29IN4O. The largest absolute Gasteiger partial charge is 0.357 e. The summed E-state index contributed by atoms with van der Waals surface area (Å²) in [5.74, 6) is 1.37. The molecule has 0 unspecified atom stereocenters. The van der Waals surface area contributed by atoms with Gasteiger partial charge in [-0.25, -0.2) is 0 Å². The van der Waals surface area contributed by atoms with Crippen LogP contribution >= 0.6 is 24.0 Å². The lowest BCUT2D eigenvalue weighted by Gasteiger charge is -2.24. The van der Waals surface area contributed by atoms with Crippen LogP contribution < -0.4 is 16.0 Å². The molecule has 0 radical (unpaired) electrons. The Hall–Kier alpha value is -0.530. The summed E-state index contributed by atoms with van der Waals surface area (Å²) in [5.41, 5.74) is 0. The fourth-order valence-corrected chi connectivity index (χ4v) is 2.60. The highest BCUT2D eigenvalue weighted by Crippen LogP contribution is 2.28. The van der Waals surface area contributed by atoms with E-state index in [1.54, 1.807) is 0 Å². The van der Waals surface area contributed by atoms with E-state index in [2.05, 4.69) is 27.9 Å². The Morgan fingerprint density at radius 2 is 1.81 bits per heavy atom. The Bertz CT molecular complexity index is 339. The van der Waals surface area contributed by atoms with Gasteiger partial charge in [0.2, 0.25) is 5.91 Å². The summed E-state index contributed by atoms with van der Waals surface area (Å²) in [7, 11) is 0. The second kappa shape index (κ2) is 10.2. The van der Waals surface area contributed by atoms with Gasteiger partial charge < -0.3 is 16.0 Å². The molecule has 2 aliphatic rings. The van der Waals surface area contributed by atoms with E-state index in [4.69, 9.17) is 0 Å². The summed E-state index contributed by atoms with van der Waals surface area (Å²) in [6.45, 7) is 4.22. The monoisotopic (exact) mass is 408 g/mol. The summed E-state index contributed by atoms with van der Waals surface area (Å²) < 4.78 is 0. The van der Waals surface area contributed by atoms with E-state index in [0.29, 0.717) is 19.1 Å². The molecular weight excluding hydrogens is 379 g/mol. The molecule has 2 rings (SSSR count). The Morgan fingerprint density at radius 3 is 2.43 bits per heavy atom. The van der Waals surface area contributed by atoms with Gasteiger partial charge in [-0.2, -0.15) is 0 Å². The number of nitrogens with zero attached hydrogens (tertiary/aromatic N) is 1. The van der Waals surface area contributed by atoms with Crippen LogP contribution in [-0.4, -0.2) is 37.5 Å². The fourth-order valence-electron chi connectivity index (χ4n) is 2.60. The van der Waals surface area contributed by atoms with Gasteiger partial charge in [0.05, 0.1) is 6.54 Å². The maximum atomic E-state index is 11.5. The van der Waals surface area contributed by atoms with Crippen LogP contribution in [0.2, 0.25) is 0 Å². The zero-order valence-corrected chi connectivity index (χ0v) is 15.3. The second-order valence-electron chi connectivity index (χ2n) is 5.81. The summed E-state index contributed by atoms with van der Waals surface area (Å²) in [6.07, 6.45) is 8.58. The van der Waals surface area contributed by atoms with Crippen molar-refractivity contribution in [1.82, 2.24) is 16.0 Å². The number of halogens is 1. The summed E-state index contributed by atoms with van der Waals surface area (Å²) >= 11 is 0. The summed E-state index contributed by atoms with van der Waals surface area (Å²) in [6, 6.07) is 0.558. The maximum Gasteiger partial charge on any atom is 0.223 e. The molecule has 0 aromatic carbocycles. The lowest BCUT2D eigenvalue weighted by atomic mass is 9.96. The van der Waals surface area contributed by atoms with E-state index < -0.39 is 0 Å². The first-order valence-electron chi connectivity index (χ1n) is 8.12. The topological polar surface area (TPSA) is 65.5 Å². The molecule has 3 N–H and O–H groups in total. The van der Waals surface area contributed by atoms with E-state index in [0.717, 1.165) is 25.3 Å². The molecule has 1 amide bonds. The highest BCUT2D eigenvalue weighted by atomic mass is 127. The van der Waals surface area contributed by atoms with Gasteiger partial charge in [-0.1, -0.05) is 19.3 Å². The number of guanidine groups is 1. The molecule has 6 heteroatoms. The quantitative estimate of drug-likeness (QED) is 0.273. The van der Waals surface area contributed by atoms with Crippen molar-refractivity contribution >= 4 is 35.8 Å². The van der Waals surface area contributed by atoms with Crippen LogP contribution in [-0.2, 0) is 4.79 Å². The molecule has 0 aromatic rings. The second-order valence-corrected chi connectivity index (χ2v) is 5.81. The minimum Gasteiger partial charge on any atom is -0.357 e. The average Bonchev–Trinajstić information content (AvgIpc) is 3.29. The molecule has 0 saturated heterocycles. The standard InChI is InChI=1S/C15H28N4O.HI/c1-2-16-15(19-13-6-4-3-5-7-13)18-11-10-17-14(20)12-8-9-12;/h12-13H,2-11H2,1H3,(H,17,20)(H2,16,18,19);1H. The number of hydrogen-bond acceptors (Lipinski definition) is 2. The third-order valence-corrected chi connectivity index (χ3v) is 3.92. The number of carbonyl (C=O) groups excluding carboxylic acids is 1. The third-order valence-electron chi connectivity index (χ3n) is 3.92. The first kappa shape index (κ1) is 18.5. The number of carbonyl (C=O) groups is 1. The molecule has 2 fully saturated rings. The van der Waals surface area contributed by atoms with Crippen LogP contribution in [0.1, 0.15) is 51.9 Å². The fraction of sp³-hybridized carbons (Fsp3) is 0.867. The third kappa shape index (κ3) is 7.33. The maximum absolute atomic E-state index is 11.5. The smallest absolute Gasteiger partial charge is 0.223 e. The number of nitrogens with one attached hydrogen (secondary N) is 3. The molecule has 2 saturated carbocycles. The van der Waals surface area contributed by atoms with Crippen molar-refractivity contribution in [3.05, 3.63) is 0 Å². The van der Waals surface area contributed by atoms with Crippen LogP contribution in [0, 0.1) is 5.92 Å². The van der Waals surface area contributed by atoms with Crippen molar-refractivity contribution in [2.75, 3.05) is 19.6 Å². The van der Waals surface area contributed by atoms with Crippen molar-refractivity contribution in [2.45, 2.75) is 57.9 Å². The Kier molecular flexibility index (Phi) is 9.03. The van der Waals surface area contributed by atoms with Crippen LogP contribution in [0.25, 0.3) is 0 Å². The molecule has 0 aromatic heterocycles. The molecule has 21 heavy (non-hydrogen) atoms. The minimum atomic E-state index is 0. The van der Waals surface area contributed by atoms with E-state index in [9.17, 15) is 4.79 Å². The zero-order chi connectivity index (χ0) is 14.2. The lowest BCUT2D eigenvalue weighted by molar-refractivity contribution is -0.122. The van der Waals surface area contributed by atoms with E-state index in [-0.39, 0.29) is 35.8 Å². The van der Waals surface area contributed by atoms with Crippen LogP contribution in [0.15, 0.2) is 4.99 Å². The van der Waals surface area contributed by atoms with Crippen molar-refractivity contribution in [1.29, 1.82) is 0 Å². The van der Waals surface area contributed by atoms with Gasteiger partial charge in [-0.3, -0.25) is 9.79 Å². The van der Waals surface area contributed by atoms with Gasteiger partial charge in [-0.05, 0) is 32.6 Å². The SMILES string of the molecule is CCNC(=NCCNC(=O)C1CC1)NC1CCCCC1.I. The molecule has 0 heterocycles. The number of amides is 1. The van der Waals surface area contributed by atoms with Gasteiger partial charge in [0.15, 0.2) is 5.96 Å². The van der Waals surface area contributed by atoms with Crippen molar-refractivity contribution in [2.24, 2.45) is 10.9 Å². The van der Waals surface area contributed by atoms with Gasteiger partial charge in [0.1, 0.15) is 0 Å². The normalized spacial score (nSPS) is 19.6. The summed E-state index contributed by atoms with van der Waals surface area (Å²) in [5, 5.41) is 9.73. The molecule has 0 spiro atoms. The predicted molar refractivity (Wildman–Crippen MR) is 97.1 cm³/mol. The molecule has 0 atom stereocenters. The molecule has 0 bridgehead atoms. The van der Waals surface area contributed by atoms with Crippen molar-refractivity contribution < 1.29 is 4.79 Å². The zero-order valence-electron chi connectivity index (χ0n) is 13.0. The Balaban J connectivity index is 0.00000220. The molecule has 2 aliphatic carbocycles. The van der Waals surface area contributed by atoms with E-state index >= 15 is 0 Å². The molecule has 5 nitrogen and oxygen atoms in total. The van der Waals surface area contributed by atoms with Crippen LogP contribution in [0.4, 0.5) is 0 Å². The van der Waals surface area contributed by atoms with Crippen molar-refractivity contribution in [3.63, 3.8) is 0 Å².